The topological polar surface area (TPSA) is 47.3 Å². The van der Waals surface area contributed by atoms with Gasteiger partial charge in [-0.2, -0.15) is 9.61 Å². The molecular weight excluding hydrogens is 250 g/mol. The monoisotopic (exact) mass is 261 g/mol. The molecule has 0 aliphatic heterocycles. The molecular formula is C16H11N3O. The SMILES string of the molecule is Cc1nn2c(=O)c3ccccc3nc2c2ccccc12. The van der Waals surface area contributed by atoms with E-state index < -0.39 is 0 Å². The molecule has 4 rings (SSSR count). The van der Waals surface area contributed by atoms with Crippen LogP contribution in [0.25, 0.3) is 27.3 Å². The highest BCUT2D eigenvalue weighted by atomic mass is 16.1. The van der Waals surface area contributed by atoms with Gasteiger partial charge in [0.05, 0.1) is 16.6 Å². The van der Waals surface area contributed by atoms with Gasteiger partial charge in [-0.25, -0.2) is 4.98 Å². The second kappa shape index (κ2) is 3.87. The molecule has 0 saturated carbocycles. The number of aryl methyl sites for hydroxylation is 1. The van der Waals surface area contributed by atoms with Gasteiger partial charge in [0, 0.05) is 10.8 Å². The van der Waals surface area contributed by atoms with E-state index in [1.54, 1.807) is 6.07 Å². The van der Waals surface area contributed by atoms with Gasteiger partial charge in [0.1, 0.15) is 0 Å². The van der Waals surface area contributed by atoms with Crippen molar-refractivity contribution in [2.75, 3.05) is 0 Å². The van der Waals surface area contributed by atoms with Crippen molar-refractivity contribution in [3.05, 3.63) is 64.6 Å². The number of benzene rings is 2. The molecule has 20 heavy (non-hydrogen) atoms. The molecule has 96 valence electrons. The van der Waals surface area contributed by atoms with E-state index in [0.717, 1.165) is 16.5 Å². The molecule has 0 bridgehead atoms. The summed E-state index contributed by atoms with van der Waals surface area (Å²) < 4.78 is 1.40. The van der Waals surface area contributed by atoms with E-state index in [2.05, 4.69) is 10.1 Å². The number of para-hydroxylation sites is 1. The average Bonchev–Trinajstić information content (AvgIpc) is 2.49. The first-order valence-electron chi connectivity index (χ1n) is 6.43. The van der Waals surface area contributed by atoms with Crippen molar-refractivity contribution in [2.45, 2.75) is 6.92 Å². The lowest BCUT2D eigenvalue weighted by atomic mass is 10.1. The van der Waals surface area contributed by atoms with Crippen LogP contribution in [0.5, 0.6) is 0 Å². The number of nitrogens with zero attached hydrogens (tertiary/aromatic N) is 3. The molecule has 0 amide bonds. The van der Waals surface area contributed by atoms with E-state index in [4.69, 9.17) is 0 Å². The predicted molar refractivity (Wildman–Crippen MR) is 79.0 cm³/mol. The second-order valence-corrected chi connectivity index (χ2v) is 4.80. The van der Waals surface area contributed by atoms with Crippen LogP contribution in [0.15, 0.2) is 53.3 Å². The Morgan fingerprint density at radius 3 is 2.35 bits per heavy atom. The third-order valence-electron chi connectivity index (χ3n) is 3.56. The molecule has 2 aromatic carbocycles. The maximum Gasteiger partial charge on any atom is 0.282 e. The minimum Gasteiger partial charge on any atom is -0.267 e. The molecule has 4 aromatic rings. The molecule has 4 nitrogen and oxygen atoms in total. The number of fused-ring (bicyclic) bond motifs is 4. The first-order valence-corrected chi connectivity index (χ1v) is 6.43. The smallest absolute Gasteiger partial charge is 0.267 e. The molecule has 0 saturated heterocycles. The standard InChI is InChI=1S/C16H11N3O/c1-10-11-6-2-3-7-12(11)15-17-14-9-5-4-8-13(14)16(20)19(15)18-10/h2-9H,1H3. The molecule has 0 atom stereocenters. The lowest BCUT2D eigenvalue weighted by Crippen LogP contribution is -2.19. The van der Waals surface area contributed by atoms with Crippen molar-refractivity contribution in [2.24, 2.45) is 0 Å². The summed E-state index contributed by atoms with van der Waals surface area (Å²) in [6, 6.07) is 15.2. The molecule has 0 N–H and O–H groups in total. The van der Waals surface area contributed by atoms with E-state index in [9.17, 15) is 4.79 Å². The number of hydrogen-bond acceptors (Lipinski definition) is 3. The lowest BCUT2D eigenvalue weighted by Gasteiger charge is -2.07. The van der Waals surface area contributed by atoms with Crippen LogP contribution >= 0.6 is 0 Å². The van der Waals surface area contributed by atoms with Gasteiger partial charge in [0.2, 0.25) is 0 Å². The lowest BCUT2D eigenvalue weighted by molar-refractivity contribution is 0.867. The largest absolute Gasteiger partial charge is 0.282 e. The Labute approximate surface area is 114 Å². The fraction of sp³-hybridized carbons (Fsp3) is 0.0625. The van der Waals surface area contributed by atoms with Crippen LogP contribution in [0.4, 0.5) is 0 Å². The second-order valence-electron chi connectivity index (χ2n) is 4.80. The Bertz CT molecular complexity index is 1030. The Hall–Kier alpha value is -2.75. The van der Waals surface area contributed by atoms with Crippen molar-refractivity contribution in [1.82, 2.24) is 14.6 Å². The van der Waals surface area contributed by atoms with Crippen molar-refractivity contribution in [3.8, 4) is 0 Å². The minimum atomic E-state index is -0.126. The predicted octanol–water partition coefficient (Wildman–Crippen LogP) is 2.70. The maximum atomic E-state index is 12.5. The molecule has 0 fully saturated rings. The Balaban J connectivity index is 2.38. The van der Waals surface area contributed by atoms with Gasteiger partial charge in [-0.15, -0.1) is 0 Å². The van der Waals surface area contributed by atoms with Gasteiger partial charge in [-0.1, -0.05) is 36.4 Å². The van der Waals surface area contributed by atoms with E-state index in [1.807, 2.05) is 49.4 Å². The normalized spacial score (nSPS) is 11.4. The van der Waals surface area contributed by atoms with Crippen LogP contribution in [0, 0.1) is 6.92 Å². The quantitative estimate of drug-likeness (QED) is 0.361. The van der Waals surface area contributed by atoms with Crippen molar-refractivity contribution in [3.63, 3.8) is 0 Å². The van der Waals surface area contributed by atoms with Crippen LogP contribution in [0.1, 0.15) is 5.69 Å². The van der Waals surface area contributed by atoms with Gasteiger partial charge in [-0.05, 0) is 19.1 Å². The Morgan fingerprint density at radius 1 is 0.900 bits per heavy atom. The molecule has 0 aliphatic rings. The molecule has 0 aliphatic carbocycles. The fourth-order valence-electron chi connectivity index (χ4n) is 2.59. The van der Waals surface area contributed by atoms with Crippen LogP contribution in [-0.4, -0.2) is 14.6 Å². The zero-order valence-corrected chi connectivity index (χ0v) is 10.9. The first-order chi connectivity index (χ1) is 9.75. The summed E-state index contributed by atoms with van der Waals surface area (Å²) in [5.41, 5.74) is 2.01. The van der Waals surface area contributed by atoms with Crippen molar-refractivity contribution in [1.29, 1.82) is 0 Å². The summed E-state index contributed by atoms with van der Waals surface area (Å²) in [6.45, 7) is 1.91. The highest BCUT2D eigenvalue weighted by Gasteiger charge is 2.10. The Morgan fingerprint density at radius 2 is 1.55 bits per heavy atom. The molecule has 2 heterocycles. The van der Waals surface area contributed by atoms with Crippen LogP contribution in [0.3, 0.4) is 0 Å². The van der Waals surface area contributed by atoms with Crippen LogP contribution in [0.2, 0.25) is 0 Å². The molecule has 0 spiro atoms. The van der Waals surface area contributed by atoms with Gasteiger partial charge >= 0.3 is 0 Å². The first kappa shape index (κ1) is 11.1. The van der Waals surface area contributed by atoms with Gasteiger partial charge in [0.25, 0.3) is 5.56 Å². The van der Waals surface area contributed by atoms with Gasteiger partial charge < -0.3 is 0 Å². The van der Waals surface area contributed by atoms with Gasteiger partial charge in [-0.3, -0.25) is 4.79 Å². The number of rotatable bonds is 0. The van der Waals surface area contributed by atoms with Crippen LogP contribution < -0.4 is 5.56 Å². The maximum absolute atomic E-state index is 12.5. The van der Waals surface area contributed by atoms with Crippen molar-refractivity contribution >= 4 is 27.3 Å². The average molecular weight is 261 g/mol. The summed E-state index contributed by atoms with van der Waals surface area (Å²) in [4.78, 5) is 17.2. The number of aromatic nitrogens is 3. The van der Waals surface area contributed by atoms with Crippen LogP contribution in [-0.2, 0) is 0 Å². The summed E-state index contributed by atoms with van der Waals surface area (Å²) in [7, 11) is 0. The molecule has 0 radical (unpaired) electrons. The Kier molecular flexibility index (Phi) is 2.15. The van der Waals surface area contributed by atoms with E-state index in [1.165, 1.54) is 4.52 Å². The molecule has 0 unspecified atom stereocenters. The summed E-state index contributed by atoms with van der Waals surface area (Å²) >= 11 is 0. The van der Waals surface area contributed by atoms with E-state index >= 15 is 0 Å². The van der Waals surface area contributed by atoms with E-state index in [0.29, 0.717) is 16.6 Å². The summed E-state index contributed by atoms with van der Waals surface area (Å²) in [5, 5.41) is 6.96. The number of hydrogen-bond donors (Lipinski definition) is 0. The zero-order valence-electron chi connectivity index (χ0n) is 10.9. The minimum absolute atomic E-state index is 0.126. The summed E-state index contributed by atoms with van der Waals surface area (Å²) in [6.07, 6.45) is 0. The molecule has 2 aromatic heterocycles. The third kappa shape index (κ3) is 1.39. The fourth-order valence-corrected chi connectivity index (χ4v) is 2.59. The molecule has 4 heteroatoms. The highest BCUT2D eigenvalue weighted by Crippen LogP contribution is 2.20. The van der Waals surface area contributed by atoms with E-state index in [-0.39, 0.29) is 5.56 Å². The van der Waals surface area contributed by atoms with Gasteiger partial charge in [0.15, 0.2) is 5.65 Å². The highest BCUT2D eigenvalue weighted by molar-refractivity contribution is 5.96. The zero-order chi connectivity index (χ0) is 13.7. The third-order valence-corrected chi connectivity index (χ3v) is 3.56. The van der Waals surface area contributed by atoms with Crippen molar-refractivity contribution < 1.29 is 0 Å². The summed E-state index contributed by atoms with van der Waals surface area (Å²) in [5.74, 6) is 0.